The Hall–Kier alpha value is -2.77. The highest BCUT2D eigenvalue weighted by molar-refractivity contribution is 5.94. The lowest BCUT2D eigenvalue weighted by atomic mass is 9.97. The van der Waals surface area contributed by atoms with E-state index in [0.29, 0.717) is 42.6 Å². The summed E-state index contributed by atoms with van der Waals surface area (Å²) in [6.45, 7) is 4.33. The highest BCUT2D eigenvalue weighted by atomic mass is 16.5. The molecule has 0 bridgehead atoms. The lowest BCUT2D eigenvalue weighted by molar-refractivity contribution is -0.128. The van der Waals surface area contributed by atoms with Gasteiger partial charge in [0.1, 0.15) is 5.75 Å². The first kappa shape index (κ1) is 20.0. The number of piperidine rings is 1. The summed E-state index contributed by atoms with van der Waals surface area (Å²) in [5, 5.41) is 5.60. The van der Waals surface area contributed by atoms with Gasteiger partial charge in [-0.25, -0.2) is 4.79 Å². The van der Waals surface area contributed by atoms with Crippen LogP contribution in [0.25, 0.3) is 0 Å². The second-order valence-corrected chi connectivity index (χ2v) is 7.42. The quantitative estimate of drug-likeness (QED) is 0.811. The average Bonchev–Trinajstić information content (AvgIpc) is 3.06. The number of carbonyl (C=O) groups excluding carboxylic acids is 3. The first-order valence-electron chi connectivity index (χ1n) is 9.75. The molecule has 1 atom stereocenters. The zero-order valence-corrected chi connectivity index (χ0v) is 16.5. The minimum absolute atomic E-state index is 0.170. The van der Waals surface area contributed by atoms with E-state index in [1.165, 1.54) is 14.0 Å². The van der Waals surface area contributed by atoms with Crippen LogP contribution in [-0.2, 0) is 9.59 Å². The number of benzene rings is 1. The number of methoxy groups -OCH3 is 1. The van der Waals surface area contributed by atoms with E-state index in [4.69, 9.17) is 4.74 Å². The predicted octanol–water partition coefficient (Wildman–Crippen LogP) is 2.52. The van der Waals surface area contributed by atoms with Gasteiger partial charge in [0.15, 0.2) is 0 Å². The largest absolute Gasteiger partial charge is 0.495 e. The van der Waals surface area contributed by atoms with Crippen LogP contribution in [0.2, 0.25) is 0 Å². The zero-order chi connectivity index (χ0) is 20.1. The van der Waals surface area contributed by atoms with Crippen molar-refractivity contribution in [3.63, 3.8) is 0 Å². The van der Waals surface area contributed by atoms with Gasteiger partial charge in [0.2, 0.25) is 11.8 Å². The third-order valence-electron chi connectivity index (χ3n) is 5.22. The molecule has 2 N–H and O–H groups in total. The number of hydrogen-bond acceptors (Lipinski definition) is 4. The van der Waals surface area contributed by atoms with Gasteiger partial charge >= 0.3 is 6.03 Å². The summed E-state index contributed by atoms with van der Waals surface area (Å²) in [7, 11) is 1.53. The molecule has 2 heterocycles. The number of nitrogens with one attached hydrogen (secondary N) is 2. The van der Waals surface area contributed by atoms with Crippen molar-refractivity contribution < 1.29 is 19.1 Å². The summed E-state index contributed by atoms with van der Waals surface area (Å²) in [6.07, 6.45) is 3.54. The fraction of sp³-hybridized carbons (Fsp3) is 0.550. The van der Waals surface area contributed by atoms with Crippen LogP contribution in [0.4, 0.5) is 16.2 Å². The van der Waals surface area contributed by atoms with Crippen molar-refractivity contribution in [2.75, 3.05) is 43.9 Å². The van der Waals surface area contributed by atoms with Gasteiger partial charge in [-0.05, 0) is 43.4 Å². The molecular formula is C20H28N4O4. The highest BCUT2D eigenvalue weighted by Gasteiger charge is 2.28. The van der Waals surface area contributed by atoms with Crippen LogP contribution in [0, 0.1) is 5.92 Å². The monoisotopic (exact) mass is 388 g/mol. The molecule has 8 heteroatoms. The topological polar surface area (TPSA) is 91.0 Å². The summed E-state index contributed by atoms with van der Waals surface area (Å²) in [5.41, 5.74) is 1.10. The molecule has 0 unspecified atom stereocenters. The molecule has 2 saturated heterocycles. The normalized spacial score (nSPS) is 19.5. The molecule has 4 amide bonds. The van der Waals surface area contributed by atoms with Gasteiger partial charge in [0.25, 0.3) is 0 Å². The Morgan fingerprint density at radius 3 is 2.71 bits per heavy atom. The van der Waals surface area contributed by atoms with Crippen LogP contribution < -0.4 is 15.4 Å². The fourth-order valence-electron chi connectivity index (χ4n) is 3.88. The lowest BCUT2D eigenvalue weighted by Gasteiger charge is -2.34. The number of amides is 4. The maximum absolute atomic E-state index is 12.7. The molecule has 3 rings (SSSR count). The summed E-state index contributed by atoms with van der Waals surface area (Å²) in [6, 6.07) is 4.96. The first-order chi connectivity index (χ1) is 13.5. The van der Waals surface area contributed by atoms with E-state index in [9.17, 15) is 14.4 Å². The number of rotatable bonds is 5. The Bertz CT molecular complexity index is 752. The lowest BCUT2D eigenvalue weighted by Crippen LogP contribution is -2.45. The highest BCUT2D eigenvalue weighted by Crippen LogP contribution is 2.28. The molecule has 8 nitrogen and oxygen atoms in total. The van der Waals surface area contributed by atoms with Crippen molar-refractivity contribution in [3.8, 4) is 5.75 Å². The zero-order valence-electron chi connectivity index (χ0n) is 16.5. The summed E-state index contributed by atoms with van der Waals surface area (Å²) < 4.78 is 5.24. The van der Waals surface area contributed by atoms with Crippen LogP contribution >= 0.6 is 0 Å². The third kappa shape index (κ3) is 4.94. The Balaban J connectivity index is 1.60. The molecule has 0 radical (unpaired) electrons. The summed E-state index contributed by atoms with van der Waals surface area (Å²) in [5.74, 6) is 0.858. The van der Waals surface area contributed by atoms with E-state index in [0.717, 1.165) is 32.4 Å². The summed E-state index contributed by atoms with van der Waals surface area (Å²) in [4.78, 5) is 39.7. The van der Waals surface area contributed by atoms with Crippen LogP contribution in [-0.4, -0.2) is 60.9 Å². The van der Waals surface area contributed by atoms with E-state index >= 15 is 0 Å². The van der Waals surface area contributed by atoms with E-state index in [1.54, 1.807) is 23.1 Å². The molecule has 2 aliphatic heterocycles. The number of hydrogen-bond donors (Lipinski definition) is 2. The number of likely N-dealkylation sites (tertiary alicyclic amines) is 2. The number of ether oxygens (including phenoxy) is 1. The van der Waals surface area contributed by atoms with Gasteiger partial charge < -0.3 is 25.2 Å². The van der Waals surface area contributed by atoms with Gasteiger partial charge in [-0.1, -0.05) is 0 Å². The number of carbonyl (C=O) groups is 3. The first-order valence-corrected chi connectivity index (χ1v) is 9.75. The minimum Gasteiger partial charge on any atom is -0.495 e. The molecule has 2 aliphatic rings. The smallest absolute Gasteiger partial charge is 0.321 e. The molecule has 1 aromatic carbocycles. The second-order valence-electron chi connectivity index (χ2n) is 7.42. The summed E-state index contributed by atoms with van der Waals surface area (Å²) >= 11 is 0. The van der Waals surface area contributed by atoms with Crippen LogP contribution in [0.3, 0.4) is 0 Å². The number of urea groups is 1. The Labute approximate surface area is 165 Å². The molecule has 1 aromatic rings. The van der Waals surface area contributed by atoms with Gasteiger partial charge in [-0.2, -0.15) is 0 Å². The van der Waals surface area contributed by atoms with E-state index in [2.05, 4.69) is 10.6 Å². The molecule has 0 aromatic heterocycles. The van der Waals surface area contributed by atoms with Gasteiger partial charge in [-0.15, -0.1) is 0 Å². The van der Waals surface area contributed by atoms with Crippen molar-refractivity contribution in [1.29, 1.82) is 0 Å². The van der Waals surface area contributed by atoms with E-state index in [-0.39, 0.29) is 17.8 Å². The second kappa shape index (κ2) is 8.95. The molecule has 28 heavy (non-hydrogen) atoms. The molecule has 152 valence electrons. The maximum Gasteiger partial charge on any atom is 0.321 e. The number of nitrogens with zero attached hydrogens (tertiary/aromatic N) is 2. The van der Waals surface area contributed by atoms with E-state index in [1.807, 2.05) is 4.90 Å². The Morgan fingerprint density at radius 1 is 1.21 bits per heavy atom. The van der Waals surface area contributed by atoms with Crippen LogP contribution in [0.1, 0.15) is 32.6 Å². The van der Waals surface area contributed by atoms with Gasteiger partial charge in [0, 0.05) is 45.2 Å². The fourth-order valence-corrected chi connectivity index (χ4v) is 3.88. The standard InChI is InChI=1S/C20H28N4O4/c1-14(25)21-17-11-16(7-8-18(17)28-2)22-20(27)24-10-3-5-15(13-24)12-23-9-4-6-19(23)26/h7-8,11,15H,3-6,9-10,12-13H2,1-2H3,(H,21,25)(H,22,27)/t15-/m0/s1. The van der Waals surface area contributed by atoms with Gasteiger partial charge in [0.05, 0.1) is 12.8 Å². The predicted molar refractivity (Wildman–Crippen MR) is 106 cm³/mol. The van der Waals surface area contributed by atoms with Crippen molar-refractivity contribution >= 4 is 29.2 Å². The van der Waals surface area contributed by atoms with Crippen molar-refractivity contribution in [2.24, 2.45) is 5.92 Å². The minimum atomic E-state index is -0.211. The van der Waals surface area contributed by atoms with E-state index < -0.39 is 0 Å². The molecule has 0 saturated carbocycles. The molecular weight excluding hydrogens is 360 g/mol. The Kier molecular flexibility index (Phi) is 6.38. The van der Waals surface area contributed by atoms with Crippen molar-refractivity contribution in [2.45, 2.75) is 32.6 Å². The number of anilines is 2. The maximum atomic E-state index is 12.7. The SMILES string of the molecule is COc1ccc(NC(=O)N2CCC[C@@H](CN3CCCC3=O)C2)cc1NC(C)=O. The van der Waals surface area contributed by atoms with Crippen molar-refractivity contribution in [3.05, 3.63) is 18.2 Å². The molecule has 0 aliphatic carbocycles. The molecule has 2 fully saturated rings. The molecule has 0 spiro atoms. The van der Waals surface area contributed by atoms with Crippen molar-refractivity contribution in [1.82, 2.24) is 9.80 Å². The third-order valence-corrected chi connectivity index (χ3v) is 5.22. The van der Waals surface area contributed by atoms with Crippen LogP contribution in [0.5, 0.6) is 5.75 Å². The Morgan fingerprint density at radius 2 is 2.04 bits per heavy atom. The average molecular weight is 388 g/mol. The van der Waals surface area contributed by atoms with Crippen LogP contribution in [0.15, 0.2) is 18.2 Å². The van der Waals surface area contributed by atoms with Gasteiger partial charge in [-0.3, -0.25) is 9.59 Å².